The maximum atomic E-state index is 12.4. The summed E-state index contributed by atoms with van der Waals surface area (Å²) in [7, 11) is -4.76. The van der Waals surface area contributed by atoms with Gasteiger partial charge in [-0.05, 0) is 64.2 Å². The van der Waals surface area contributed by atoms with Crippen molar-refractivity contribution in [1.82, 2.24) is 0 Å². The SMILES string of the molecule is CCCCC/C=C\CC1OC1CCCCCCCC(=O)OC[C@H](COP(=O)(O)O)OC(=O)CCCCCCCCC/C=C\CCCCCCCC. The number of unbranched alkanes of at least 4 members (excludes halogenated alkanes) is 20. The van der Waals surface area contributed by atoms with E-state index in [1.165, 1.54) is 83.5 Å². The molecular weight excluding hydrogens is 667 g/mol. The second-order valence-corrected chi connectivity index (χ2v) is 15.6. The Morgan fingerprint density at radius 3 is 1.67 bits per heavy atom. The van der Waals surface area contributed by atoms with Gasteiger partial charge in [0.2, 0.25) is 0 Å². The van der Waals surface area contributed by atoms with Gasteiger partial charge in [-0.1, -0.05) is 141 Å². The van der Waals surface area contributed by atoms with E-state index in [9.17, 15) is 14.2 Å². The van der Waals surface area contributed by atoms with E-state index in [0.29, 0.717) is 25.0 Å². The van der Waals surface area contributed by atoms with Crippen molar-refractivity contribution in [1.29, 1.82) is 0 Å². The monoisotopic (exact) mass is 743 g/mol. The molecule has 1 fully saturated rings. The van der Waals surface area contributed by atoms with E-state index >= 15 is 0 Å². The number of epoxide rings is 1. The molecule has 2 unspecified atom stereocenters. The molecule has 10 heteroatoms. The van der Waals surface area contributed by atoms with Crippen LogP contribution in [0.4, 0.5) is 0 Å². The zero-order valence-electron chi connectivity index (χ0n) is 32.5. The molecule has 0 bridgehead atoms. The quantitative estimate of drug-likeness (QED) is 0.0210. The first-order valence-electron chi connectivity index (χ1n) is 20.8. The summed E-state index contributed by atoms with van der Waals surface area (Å²) in [5.74, 6) is -0.909. The van der Waals surface area contributed by atoms with Gasteiger partial charge in [0.15, 0.2) is 6.10 Å². The zero-order valence-corrected chi connectivity index (χ0v) is 33.3. The van der Waals surface area contributed by atoms with Gasteiger partial charge in [0, 0.05) is 12.8 Å². The molecule has 2 N–H and O–H groups in total. The number of hydrogen-bond donors (Lipinski definition) is 2. The second kappa shape index (κ2) is 33.1. The fourth-order valence-corrected chi connectivity index (χ4v) is 6.50. The number of hydrogen-bond acceptors (Lipinski definition) is 7. The molecule has 0 saturated carbocycles. The van der Waals surface area contributed by atoms with Crippen LogP contribution in [0.2, 0.25) is 0 Å². The third-order valence-electron chi connectivity index (χ3n) is 9.37. The average Bonchev–Trinajstić information content (AvgIpc) is 3.85. The van der Waals surface area contributed by atoms with Crippen LogP contribution in [0.5, 0.6) is 0 Å². The van der Waals surface area contributed by atoms with Crippen LogP contribution in [0.3, 0.4) is 0 Å². The Kier molecular flexibility index (Phi) is 30.8. The van der Waals surface area contributed by atoms with Gasteiger partial charge in [0.05, 0.1) is 18.8 Å². The van der Waals surface area contributed by atoms with E-state index in [-0.39, 0.29) is 19.4 Å². The fraction of sp³-hybridized carbons (Fsp3) is 0.854. The van der Waals surface area contributed by atoms with Gasteiger partial charge in [-0.25, -0.2) is 4.57 Å². The number of esters is 2. The predicted octanol–water partition coefficient (Wildman–Crippen LogP) is 11.4. The summed E-state index contributed by atoms with van der Waals surface area (Å²) in [4.78, 5) is 42.9. The Hall–Kier alpha value is -1.51. The number of allylic oxidation sites excluding steroid dienone is 3. The summed E-state index contributed by atoms with van der Waals surface area (Å²) in [6.07, 6.45) is 39.1. The maximum Gasteiger partial charge on any atom is 0.469 e. The molecule has 1 heterocycles. The van der Waals surface area contributed by atoms with Gasteiger partial charge in [-0.2, -0.15) is 0 Å². The molecule has 0 spiro atoms. The van der Waals surface area contributed by atoms with E-state index in [1.807, 2.05) is 0 Å². The minimum atomic E-state index is -4.76. The molecule has 9 nitrogen and oxygen atoms in total. The molecule has 1 aliphatic heterocycles. The highest BCUT2D eigenvalue weighted by Crippen LogP contribution is 2.36. The Bertz CT molecular complexity index is 947. The summed E-state index contributed by atoms with van der Waals surface area (Å²) >= 11 is 0. The van der Waals surface area contributed by atoms with Crippen LogP contribution in [0.25, 0.3) is 0 Å². The molecule has 1 aliphatic rings. The van der Waals surface area contributed by atoms with Crippen LogP contribution < -0.4 is 0 Å². The van der Waals surface area contributed by atoms with Crippen molar-refractivity contribution in [2.75, 3.05) is 13.2 Å². The zero-order chi connectivity index (χ0) is 37.3. The standard InChI is InChI=1S/C41H75O9P/c1-3-5-7-9-11-12-13-14-15-16-17-18-19-20-21-25-30-34-41(43)49-37(36-48-51(44,45)46)35-47-40(42)33-29-26-22-24-28-32-39-38(50-39)31-27-23-10-8-6-4-2/h14-15,23,27,37-39H,3-13,16-22,24-26,28-36H2,1-2H3,(H2,44,45,46)/b15-14-,27-23-/t37-,38?,39?/m1/s1. The maximum absolute atomic E-state index is 12.4. The third-order valence-corrected chi connectivity index (χ3v) is 9.85. The Morgan fingerprint density at radius 2 is 1.08 bits per heavy atom. The van der Waals surface area contributed by atoms with Gasteiger partial charge in [0.25, 0.3) is 0 Å². The molecule has 0 aromatic heterocycles. The lowest BCUT2D eigenvalue weighted by Gasteiger charge is -2.18. The minimum Gasteiger partial charge on any atom is -0.462 e. The number of ether oxygens (including phenoxy) is 3. The molecule has 51 heavy (non-hydrogen) atoms. The molecule has 0 aliphatic carbocycles. The topological polar surface area (TPSA) is 132 Å². The Balaban J connectivity index is 2.07. The van der Waals surface area contributed by atoms with Crippen LogP contribution >= 0.6 is 7.82 Å². The highest BCUT2D eigenvalue weighted by atomic mass is 31.2. The molecule has 0 amide bonds. The van der Waals surface area contributed by atoms with E-state index in [2.05, 4.69) is 42.7 Å². The summed E-state index contributed by atoms with van der Waals surface area (Å²) in [6, 6.07) is 0. The summed E-state index contributed by atoms with van der Waals surface area (Å²) in [6.45, 7) is 3.63. The van der Waals surface area contributed by atoms with E-state index < -0.39 is 32.5 Å². The Labute approximate surface area is 311 Å². The van der Waals surface area contributed by atoms with Crippen molar-refractivity contribution < 1.29 is 42.7 Å². The van der Waals surface area contributed by atoms with Gasteiger partial charge in [0.1, 0.15) is 6.61 Å². The van der Waals surface area contributed by atoms with Crippen LogP contribution in [0, 0.1) is 0 Å². The van der Waals surface area contributed by atoms with E-state index in [0.717, 1.165) is 70.6 Å². The molecule has 1 rings (SSSR count). The number of phosphoric ester groups is 1. The summed E-state index contributed by atoms with van der Waals surface area (Å²) in [5.41, 5.74) is 0. The predicted molar refractivity (Wildman–Crippen MR) is 206 cm³/mol. The molecule has 298 valence electrons. The summed E-state index contributed by atoms with van der Waals surface area (Å²) in [5, 5.41) is 0. The normalized spacial score (nSPS) is 16.6. The lowest BCUT2D eigenvalue weighted by Crippen LogP contribution is -2.29. The van der Waals surface area contributed by atoms with Crippen molar-refractivity contribution in [2.24, 2.45) is 0 Å². The number of carbonyl (C=O) groups excluding carboxylic acids is 2. The molecule has 0 aromatic rings. The largest absolute Gasteiger partial charge is 0.469 e. The van der Waals surface area contributed by atoms with Crippen LogP contribution in [0.15, 0.2) is 24.3 Å². The average molecular weight is 743 g/mol. The van der Waals surface area contributed by atoms with Gasteiger partial charge in [-0.3, -0.25) is 14.1 Å². The summed E-state index contributed by atoms with van der Waals surface area (Å²) < 4.78 is 32.2. The molecule has 1 saturated heterocycles. The third kappa shape index (κ3) is 32.8. The fourth-order valence-electron chi connectivity index (χ4n) is 6.14. The van der Waals surface area contributed by atoms with Gasteiger partial charge in [-0.15, -0.1) is 0 Å². The number of carbonyl (C=O) groups is 2. The van der Waals surface area contributed by atoms with Crippen molar-refractivity contribution >= 4 is 19.8 Å². The Morgan fingerprint density at radius 1 is 0.608 bits per heavy atom. The molecule has 0 radical (unpaired) electrons. The first-order valence-corrected chi connectivity index (χ1v) is 22.3. The lowest BCUT2D eigenvalue weighted by molar-refractivity contribution is -0.161. The van der Waals surface area contributed by atoms with Crippen molar-refractivity contribution in [3.8, 4) is 0 Å². The molecular formula is C41H75O9P. The van der Waals surface area contributed by atoms with Crippen LogP contribution in [0.1, 0.15) is 194 Å². The first-order chi connectivity index (χ1) is 24.7. The number of rotatable bonds is 37. The van der Waals surface area contributed by atoms with Gasteiger partial charge < -0.3 is 24.0 Å². The van der Waals surface area contributed by atoms with Crippen LogP contribution in [-0.2, 0) is 32.9 Å². The minimum absolute atomic E-state index is 0.202. The van der Waals surface area contributed by atoms with Gasteiger partial charge >= 0.3 is 19.8 Å². The highest BCUT2D eigenvalue weighted by Gasteiger charge is 2.36. The van der Waals surface area contributed by atoms with E-state index in [1.54, 1.807) is 0 Å². The lowest BCUT2D eigenvalue weighted by atomic mass is 10.1. The molecule has 3 atom stereocenters. The van der Waals surface area contributed by atoms with Crippen molar-refractivity contribution in [2.45, 2.75) is 212 Å². The highest BCUT2D eigenvalue weighted by molar-refractivity contribution is 7.46. The smallest absolute Gasteiger partial charge is 0.462 e. The van der Waals surface area contributed by atoms with Crippen molar-refractivity contribution in [3.05, 3.63) is 24.3 Å². The number of phosphoric acid groups is 1. The first kappa shape index (κ1) is 47.5. The van der Waals surface area contributed by atoms with Crippen LogP contribution in [-0.4, -0.2) is 53.3 Å². The molecule has 0 aromatic carbocycles. The van der Waals surface area contributed by atoms with Crippen molar-refractivity contribution in [3.63, 3.8) is 0 Å². The van der Waals surface area contributed by atoms with E-state index in [4.69, 9.17) is 24.0 Å². The second-order valence-electron chi connectivity index (χ2n) is 14.3.